The van der Waals surface area contributed by atoms with Gasteiger partial charge in [0, 0.05) is 26.1 Å². The SMILES string of the molecule is Cn1nc(C2CCCN(C(=O)C(=O)c3ccco3)C2)n(-c2ccccc2)c1=O. The van der Waals surface area contributed by atoms with Crippen LogP contribution in [0.15, 0.2) is 57.9 Å². The number of ketones is 1. The van der Waals surface area contributed by atoms with Crippen LogP contribution in [0.1, 0.15) is 35.1 Å². The Kier molecular flexibility index (Phi) is 4.68. The first kappa shape index (κ1) is 18.0. The summed E-state index contributed by atoms with van der Waals surface area (Å²) in [5, 5.41) is 4.42. The monoisotopic (exact) mass is 380 g/mol. The van der Waals surface area contributed by atoms with Crippen molar-refractivity contribution in [2.45, 2.75) is 18.8 Å². The van der Waals surface area contributed by atoms with Crippen molar-refractivity contribution in [2.24, 2.45) is 7.05 Å². The minimum Gasteiger partial charge on any atom is -0.461 e. The van der Waals surface area contributed by atoms with Gasteiger partial charge in [0.2, 0.25) is 0 Å². The standard InChI is InChI=1S/C20H20N4O4/c1-22-20(27)24(15-8-3-2-4-9-15)18(21-22)14-7-5-11-23(13-14)19(26)17(25)16-10-6-12-28-16/h2-4,6,8-10,12,14H,5,7,11,13H2,1H3. The maximum Gasteiger partial charge on any atom is 0.350 e. The zero-order chi connectivity index (χ0) is 19.7. The summed E-state index contributed by atoms with van der Waals surface area (Å²) in [7, 11) is 1.61. The minimum absolute atomic E-state index is 0.0335. The molecule has 1 unspecified atom stereocenters. The molecular weight excluding hydrogens is 360 g/mol. The van der Waals surface area contributed by atoms with Crippen LogP contribution in [0.4, 0.5) is 0 Å². The predicted molar refractivity (Wildman–Crippen MR) is 100 cm³/mol. The van der Waals surface area contributed by atoms with E-state index in [-0.39, 0.29) is 17.4 Å². The van der Waals surface area contributed by atoms with Crippen LogP contribution in [0.3, 0.4) is 0 Å². The average Bonchev–Trinajstić information content (AvgIpc) is 3.37. The average molecular weight is 380 g/mol. The maximum atomic E-state index is 12.6. The Morgan fingerprint density at radius 2 is 1.93 bits per heavy atom. The number of furan rings is 1. The van der Waals surface area contributed by atoms with Crippen LogP contribution in [0.5, 0.6) is 0 Å². The van der Waals surface area contributed by atoms with Crippen LogP contribution >= 0.6 is 0 Å². The summed E-state index contributed by atoms with van der Waals surface area (Å²) in [5.41, 5.74) is 0.488. The second-order valence-corrected chi connectivity index (χ2v) is 6.83. The van der Waals surface area contributed by atoms with Gasteiger partial charge in [-0.05, 0) is 37.1 Å². The number of likely N-dealkylation sites (tertiary alicyclic amines) is 1. The fourth-order valence-corrected chi connectivity index (χ4v) is 3.60. The number of piperidine rings is 1. The molecule has 1 aromatic carbocycles. The molecule has 1 saturated heterocycles. The number of carbonyl (C=O) groups excluding carboxylic acids is 2. The number of aryl methyl sites for hydroxylation is 1. The van der Waals surface area contributed by atoms with E-state index in [1.807, 2.05) is 30.3 Å². The third kappa shape index (κ3) is 3.17. The van der Waals surface area contributed by atoms with E-state index in [4.69, 9.17) is 4.42 Å². The fraction of sp³-hybridized carbons (Fsp3) is 0.300. The van der Waals surface area contributed by atoms with Gasteiger partial charge < -0.3 is 9.32 Å². The van der Waals surface area contributed by atoms with Crippen LogP contribution in [0.25, 0.3) is 5.69 Å². The summed E-state index contributed by atoms with van der Waals surface area (Å²) in [4.78, 5) is 39.1. The normalized spacial score (nSPS) is 16.9. The van der Waals surface area contributed by atoms with Crippen molar-refractivity contribution in [3.05, 3.63) is 70.8 Å². The Bertz CT molecular complexity index is 1050. The predicted octanol–water partition coefficient (Wildman–Crippen LogP) is 1.75. The maximum absolute atomic E-state index is 12.6. The number of hydrogen-bond donors (Lipinski definition) is 0. The zero-order valence-electron chi connectivity index (χ0n) is 15.4. The van der Waals surface area contributed by atoms with E-state index >= 15 is 0 Å². The number of nitrogens with zero attached hydrogens (tertiary/aromatic N) is 4. The number of rotatable bonds is 4. The Morgan fingerprint density at radius 1 is 1.14 bits per heavy atom. The Labute approximate surface area is 161 Å². The molecule has 28 heavy (non-hydrogen) atoms. The largest absolute Gasteiger partial charge is 0.461 e. The molecule has 8 nitrogen and oxygen atoms in total. The summed E-state index contributed by atoms with van der Waals surface area (Å²) in [6.45, 7) is 0.818. The molecule has 3 heterocycles. The molecule has 4 rings (SSSR count). The topological polar surface area (TPSA) is 90.3 Å². The first-order valence-corrected chi connectivity index (χ1v) is 9.14. The van der Waals surface area contributed by atoms with Crippen molar-refractivity contribution in [3.63, 3.8) is 0 Å². The highest BCUT2D eigenvalue weighted by Crippen LogP contribution is 2.27. The number of hydrogen-bond acceptors (Lipinski definition) is 5. The molecule has 8 heteroatoms. The van der Waals surface area contributed by atoms with Gasteiger partial charge in [-0.1, -0.05) is 18.2 Å². The van der Waals surface area contributed by atoms with E-state index in [1.165, 1.54) is 21.9 Å². The van der Waals surface area contributed by atoms with E-state index in [9.17, 15) is 14.4 Å². The van der Waals surface area contributed by atoms with E-state index < -0.39 is 11.7 Å². The van der Waals surface area contributed by atoms with Crippen LogP contribution in [-0.4, -0.2) is 44.0 Å². The third-order valence-electron chi connectivity index (χ3n) is 4.98. The molecule has 1 amide bonds. The van der Waals surface area contributed by atoms with Crippen LogP contribution < -0.4 is 5.69 Å². The van der Waals surface area contributed by atoms with Gasteiger partial charge in [-0.15, -0.1) is 0 Å². The third-order valence-corrected chi connectivity index (χ3v) is 4.98. The van der Waals surface area contributed by atoms with Crippen LogP contribution in [0, 0.1) is 0 Å². The molecule has 0 bridgehead atoms. The molecule has 1 atom stereocenters. The number of para-hydroxylation sites is 1. The van der Waals surface area contributed by atoms with Gasteiger partial charge in [0.25, 0.3) is 11.7 Å². The molecule has 1 aliphatic heterocycles. The number of amides is 1. The highest BCUT2D eigenvalue weighted by Gasteiger charge is 2.33. The summed E-state index contributed by atoms with van der Waals surface area (Å²) in [6.07, 6.45) is 2.87. The Morgan fingerprint density at radius 3 is 2.64 bits per heavy atom. The molecule has 0 spiro atoms. The molecule has 144 valence electrons. The lowest BCUT2D eigenvalue weighted by molar-refractivity contribution is -0.127. The van der Waals surface area contributed by atoms with E-state index in [1.54, 1.807) is 17.7 Å². The lowest BCUT2D eigenvalue weighted by atomic mass is 9.96. The second kappa shape index (κ2) is 7.30. The Balaban J connectivity index is 1.62. The van der Waals surface area contributed by atoms with Gasteiger partial charge >= 0.3 is 5.69 Å². The zero-order valence-corrected chi connectivity index (χ0v) is 15.4. The van der Waals surface area contributed by atoms with Crippen molar-refractivity contribution in [3.8, 4) is 5.69 Å². The number of aromatic nitrogens is 3. The summed E-state index contributed by atoms with van der Waals surface area (Å²) < 4.78 is 7.94. The first-order valence-electron chi connectivity index (χ1n) is 9.14. The number of Topliss-reactive ketones (excluding diaryl/α,β-unsaturated/α-hetero) is 1. The highest BCUT2D eigenvalue weighted by atomic mass is 16.3. The molecular formula is C20H20N4O4. The molecule has 0 aliphatic carbocycles. The fourth-order valence-electron chi connectivity index (χ4n) is 3.60. The van der Waals surface area contributed by atoms with Gasteiger partial charge in [-0.25, -0.2) is 14.0 Å². The molecule has 1 fully saturated rings. The second-order valence-electron chi connectivity index (χ2n) is 6.83. The number of carbonyl (C=O) groups is 2. The smallest absolute Gasteiger partial charge is 0.350 e. The van der Waals surface area contributed by atoms with Crippen LogP contribution in [-0.2, 0) is 11.8 Å². The first-order chi connectivity index (χ1) is 13.6. The van der Waals surface area contributed by atoms with Crippen LogP contribution in [0.2, 0.25) is 0 Å². The van der Waals surface area contributed by atoms with Gasteiger partial charge in [0.1, 0.15) is 5.82 Å². The van der Waals surface area contributed by atoms with Crippen molar-refractivity contribution in [1.82, 2.24) is 19.2 Å². The highest BCUT2D eigenvalue weighted by molar-refractivity contribution is 6.41. The van der Waals surface area contributed by atoms with Gasteiger partial charge in [-0.2, -0.15) is 5.10 Å². The van der Waals surface area contributed by atoms with Crippen molar-refractivity contribution >= 4 is 11.7 Å². The summed E-state index contributed by atoms with van der Waals surface area (Å²) in [6, 6.07) is 12.3. The summed E-state index contributed by atoms with van der Waals surface area (Å²) >= 11 is 0. The quantitative estimate of drug-likeness (QED) is 0.508. The molecule has 2 aromatic heterocycles. The molecule has 0 saturated carbocycles. The van der Waals surface area contributed by atoms with Crippen molar-refractivity contribution < 1.29 is 14.0 Å². The molecule has 0 radical (unpaired) electrons. The minimum atomic E-state index is -0.660. The van der Waals surface area contributed by atoms with E-state index in [2.05, 4.69) is 5.10 Å². The van der Waals surface area contributed by atoms with E-state index in [0.29, 0.717) is 18.9 Å². The molecule has 3 aromatic rings. The molecule has 0 N–H and O–H groups in total. The van der Waals surface area contributed by atoms with Gasteiger partial charge in [-0.3, -0.25) is 9.59 Å². The van der Waals surface area contributed by atoms with Crippen molar-refractivity contribution in [1.29, 1.82) is 0 Å². The lowest BCUT2D eigenvalue weighted by Crippen LogP contribution is -2.43. The van der Waals surface area contributed by atoms with Gasteiger partial charge in [0.15, 0.2) is 5.76 Å². The lowest BCUT2D eigenvalue weighted by Gasteiger charge is -2.31. The van der Waals surface area contributed by atoms with E-state index in [0.717, 1.165) is 18.5 Å². The summed E-state index contributed by atoms with van der Waals surface area (Å²) in [5.74, 6) is -0.764. The van der Waals surface area contributed by atoms with Gasteiger partial charge in [0.05, 0.1) is 12.0 Å². The molecule has 1 aliphatic rings. The van der Waals surface area contributed by atoms with Crippen molar-refractivity contribution in [2.75, 3.05) is 13.1 Å². The Hall–Kier alpha value is -3.42. The number of benzene rings is 1.